The van der Waals surface area contributed by atoms with Gasteiger partial charge in [-0.3, -0.25) is 4.99 Å². The minimum atomic E-state index is 0. The zero-order valence-electron chi connectivity index (χ0n) is 14.8. The van der Waals surface area contributed by atoms with Crippen molar-refractivity contribution in [3.05, 3.63) is 33.4 Å². The van der Waals surface area contributed by atoms with Gasteiger partial charge in [-0.25, -0.2) is 9.97 Å². The second-order valence-electron chi connectivity index (χ2n) is 5.85. The number of aromatic nitrogens is 2. The van der Waals surface area contributed by atoms with Crippen LogP contribution in [0.3, 0.4) is 0 Å². The molecule has 0 spiro atoms. The van der Waals surface area contributed by atoms with Crippen LogP contribution in [-0.4, -0.2) is 23.0 Å². The number of halogens is 1. The van der Waals surface area contributed by atoms with Crippen LogP contribution in [-0.2, 0) is 19.5 Å². The Morgan fingerprint density at radius 2 is 2.00 bits per heavy atom. The highest BCUT2D eigenvalue weighted by Gasteiger charge is 2.08. The van der Waals surface area contributed by atoms with Crippen LogP contribution in [0.15, 0.2) is 15.6 Å². The average molecular weight is 463 g/mol. The number of rotatable bonds is 6. The van der Waals surface area contributed by atoms with Crippen LogP contribution < -0.4 is 10.6 Å². The molecule has 0 saturated carbocycles. The molecule has 2 heterocycles. The summed E-state index contributed by atoms with van der Waals surface area (Å²) in [4.78, 5) is 14.2. The lowest BCUT2D eigenvalue weighted by molar-refractivity contribution is 0.463. The zero-order chi connectivity index (χ0) is 16.8. The molecule has 0 aromatic carbocycles. The lowest BCUT2D eigenvalue weighted by Crippen LogP contribution is -2.36. The summed E-state index contributed by atoms with van der Waals surface area (Å²) >= 11 is 1.75. The van der Waals surface area contributed by atoms with Crippen LogP contribution in [0.25, 0.3) is 0 Å². The molecule has 0 fully saturated rings. The molecular formula is C16H26IN5OS. The van der Waals surface area contributed by atoms with Crippen LogP contribution >= 0.6 is 35.3 Å². The Bertz CT molecular complexity index is 646. The van der Waals surface area contributed by atoms with Crippen molar-refractivity contribution in [2.75, 3.05) is 7.05 Å². The van der Waals surface area contributed by atoms with Crippen molar-refractivity contribution in [1.82, 2.24) is 20.6 Å². The van der Waals surface area contributed by atoms with Crippen molar-refractivity contribution in [1.29, 1.82) is 0 Å². The van der Waals surface area contributed by atoms with Gasteiger partial charge in [0, 0.05) is 24.5 Å². The van der Waals surface area contributed by atoms with Gasteiger partial charge in [-0.15, -0.1) is 35.3 Å². The normalized spacial score (nSPS) is 11.5. The summed E-state index contributed by atoms with van der Waals surface area (Å²) in [6.45, 7) is 9.48. The molecule has 0 amide bonds. The molecule has 8 heteroatoms. The highest BCUT2D eigenvalue weighted by atomic mass is 127. The first-order valence-corrected chi connectivity index (χ1v) is 8.60. The van der Waals surface area contributed by atoms with Crippen LogP contribution in [0.1, 0.15) is 41.1 Å². The SMILES string of the molecule is CN=C(NCc1nc(C)c(C)o1)NCc1cnc(CC(C)C)s1.I. The number of thiazole rings is 1. The summed E-state index contributed by atoms with van der Waals surface area (Å²) in [5.74, 6) is 2.87. The van der Waals surface area contributed by atoms with E-state index in [9.17, 15) is 0 Å². The van der Waals surface area contributed by atoms with Crippen molar-refractivity contribution in [2.45, 2.75) is 47.2 Å². The summed E-state index contributed by atoms with van der Waals surface area (Å²) < 4.78 is 5.55. The third-order valence-electron chi connectivity index (χ3n) is 3.32. The maximum atomic E-state index is 5.55. The molecule has 0 bridgehead atoms. The lowest BCUT2D eigenvalue weighted by atomic mass is 10.1. The fourth-order valence-electron chi connectivity index (χ4n) is 2.04. The predicted octanol–water partition coefficient (Wildman–Crippen LogP) is 3.43. The highest BCUT2D eigenvalue weighted by Crippen LogP contribution is 2.16. The molecule has 0 aliphatic heterocycles. The van der Waals surface area contributed by atoms with E-state index in [1.165, 1.54) is 9.88 Å². The van der Waals surface area contributed by atoms with Crippen LogP contribution in [0.2, 0.25) is 0 Å². The summed E-state index contributed by atoms with van der Waals surface area (Å²) in [7, 11) is 1.75. The molecule has 0 saturated heterocycles. The molecule has 0 atom stereocenters. The van der Waals surface area contributed by atoms with E-state index >= 15 is 0 Å². The van der Waals surface area contributed by atoms with Gasteiger partial charge in [0.15, 0.2) is 5.96 Å². The zero-order valence-corrected chi connectivity index (χ0v) is 18.0. The van der Waals surface area contributed by atoms with Gasteiger partial charge in [-0.1, -0.05) is 13.8 Å². The van der Waals surface area contributed by atoms with Gasteiger partial charge in [0.1, 0.15) is 5.76 Å². The van der Waals surface area contributed by atoms with Crippen molar-refractivity contribution in [3.63, 3.8) is 0 Å². The summed E-state index contributed by atoms with van der Waals surface area (Å²) in [5, 5.41) is 7.67. The molecule has 0 aliphatic rings. The van der Waals surface area contributed by atoms with Gasteiger partial charge >= 0.3 is 0 Å². The highest BCUT2D eigenvalue weighted by molar-refractivity contribution is 14.0. The van der Waals surface area contributed by atoms with Gasteiger partial charge in [0.25, 0.3) is 0 Å². The third kappa shape index (κ3) is 6.39. The fraction of sp³-hybridized carbons (Fsp3) is 0.562. The molecule has 0 radical (unpaired) electrons. The van der Waals surface area contributed by atoms with Crippen molar-refractivity contribution in [2.24, 2.45) is 10.9 Å². The number of hydrogen-bond donors (Lipinski definition) is 2. The molecule has 0 aliphatic carbocycles. The molecule has 6 nitrogen and oxygen atoms in total. The smallest absolute Gasteiger partial charge is 0.214 e. The largest absolute Gasteiger partial charge is 0.444 e. The minimum Gasteiger partial charge on any atom is -0.444 e. The number of guanidine groups is 1. The quantitative estimate of drug-likeness (QED) is 0.390. The first-order chi connectivity index (χ1) is 11.0. The molecule has 2 aromatic rings. The summed E-state index contributed by atoms with van der Waals surface area (Å²) in [6.07, 6.45) is 2.96. The molecule has 134 valence electrons. The second kappa shape index (κ2) is 9.97. The van der Waals surface area contributed by atoms with E-state index in [0.29, 0.717) is 24.9 Å². The summed E-state index contributed by atoms with van der Waals surface area (Å²) in [6, 6.07) is 0. The maximum Gasteiger partial charge on any atom is 0.214 e. The predicted molar refractivity (Wildman–Crippen MR) is 109 cm³/mol. The summed E-state index contributed by atoms with van der Waals surface area (Å²) in [5.41, 5.74) is 0.923. The Morgan fingerprint density at radius 1 is 1.29 bits per heavy atom. The Balaban J connectivity index is 0.00000288. The molecule has 2 aromatic heterocycles. The molecular weight excluding hydrogens is 437 g/mol. The Kier molecular flexibility index (Phi) is 8.68. The number of aliphatic imine (C=N–C) groups is 1. The maximum absolute atomic E-state index is 5.55. The number of aryl methyl sites for hydroxylation is 2. The van der Waals surface area contributed by atoms with Crippen molar-refractivity contribution >= 4 is 41.3 Å². The molecule has 2 N–H and O–H groups in total. The Labute approximate surface area is 164 Å². The number of nitrogens with one attached hydrogen (secondary N) is 2. The second-order valence-corrected chi connectivity index (χ2v) is 7.05. The first-order valence-electron chi connectivity index (χ1n) is 7.79. The Hall–Kier alpha value is -1.16. The topological polar surface area (TPSA) is 75.3 Å². The number of hydrogen-bond acceptors (Lipinski definition) is 5. The molecule has 24 heavy (non-hydrogen) atoms. The van der Waals surface area contributed by atoms with E-state index in [-0.39, 0.29) is 24.0 Å². The van der Waals surface area contributed by atoms with Gasteiger partial charge in [-0.2, -0.15) is 0 Å². The van der Waals surface area contributed by atoms with Crippen LogP contribution in [0.4, 0.5) is 0 Å². The van der Waals surface area contributed by atoms with Gasteiger partial charge in [0.2, 0.25) is 5.89 Å². The van der Waals surface area contributed by atoms with E-state index < -0.39 is 0 Å². The monoisotopic (exact) mass is 463 g/mol. The van der Waals surface area contributed by atoms with Crippen LogP contribution in [0.5, 0.6) is 0 Å². The van der Waals surface area contributed by atoms with Crippen molar-refractivity contribution in [3.8, 4) is 0 Å². The van der Waals surface area contributed by atoms with Gasteiger partial charge < -0.3 is 15.1 Å². The van der Waals surface area contributed by atoms with E-state index in [1.54, 1.807) is 18.4 Å². The fourth-order valence-corrected chi connectivity index (χ4v) is 3.11. The van der Waals surface area contributed by atoms with Gasteiger partial charge in [0.05, 0.1) is 23.8 Å². The minimum absolute atomic E-state index is 0. The van der Waals surface area contributed by atoms with Gasteiger partial charge in [-0.05, 0) is 19.8 Å². The van der Waals surface area contributed by atoms with E-state index in [0.717, 1.165) is 23.8 Å². The van der Waals surface area contributed by atoms with E-state index in [4.69, 9.17) is 4.42 Å². The standard InChI is InChI=1S/C16H25N5OS.HI/c1-10(2)6-15-18-7-13(23-15)8-19-16(17-5)20-9-14-21-11(3)12(4)22-14;/h7,10H,6,8-9H2,1-5H3,(H2,17,19,20);1H. The van der Waals surface area contributed by atoms with Crippen LogP contribution in [0, 0.1) is 19.8 Å². The van der Waals surface area contributed by atoms with E-state index in [2.05, 4.69) is 39.4 Å². The lowest BCUT2D eigenvalue weighted by Gasteiger charge is -2.09. The third-order valence-corrected chi connectivity index (χ3v) is 4.34. The molecule has 2 rings (SSSR count). The first kappa shape index (κ1) is 20.9. The number of nitrogens with zero attached hydrogens (tertiary/aromatic N) is 3. The molecule has 0 unspecified atom stereocenters. The van der Waals surface area contributed by atoms with E-state index in [1.807, 2.05) is 20.0 Å². The Morgan fingerprint density at radius 3 is 2.58 bits per heavy atom. The van der Waals surface area contributed by atoms with Crippen molar-refractivity contribution < 1.29 is 4.42 Å². The average Bonchev–Trinajstić information content (AvgIpc) is 3.06. The number of oxazole rings is 1.